The van der Waals surface area contributed by atoms with Crippen LogP contribution < -0.4 is 0 Å². The smallest absolute Gasteiger partial charge is 0.416 e. The quantitative estimate of drug-likeness (QED) is 0.341. The summed E-state index contributed by atoms with van der Waals surface area (Å²) in [5.41, 5.74) is 0.407. The van der Waals surface area contributed by atoms with Crippen LogP contribution in [0.1, 0.15) is 11.3 Å². The molecular weight excluding hydrogens is 401 g/mol. The fourth-order valence-electron chi connectivity index (χ4n) is 2.71. The van der Waals surface area contributed by atoms with E-state index in [1.165, 1.54) is 17.0 Å². The van der Waals surface area contributed by atoms with Crippen LogP contribution in [0.2, 0.25) is 0 Å². The molecule has 0 atom stereocenters. The Morgan fingerprint density at radius 1 is 1.00 bits per heavy atom. The van der Waals surface area contributed by atoms with Crippen molar-refractivity contribution in [1.29, 1.82) is 0 Å². The molecule has 0 aliphatic rings. The second-order valence-corrected chi connectivity index (χ2v) is 6.44. The first kappa shape index (κ1) is 18.9. The van der Waals surface area contributed by atoms with E-state index < -0.39 is 11.7 Å². The fourth-order valence-corrected chi connectivity index (χ4v) is 2.89. The van der Waals surface area contributed by atoms with E-state index in [1.807, 2.05) is 30.3 Å². The van der Waals surface area contributed by atoms with Crippen LogP contribution in [0.5, 0.6) is 0 Å². The van der Waals surface area contributed by atoms with E-state index in [-0.39, 0.29) is 0 Å². The highest BCUT2D eigenvalue weighted by atomic mass is 32.1. The van der Waals surface area contributed by atoms with E-state index >= 15 is 0 Å². The van der Waals surface area contributed by atoms with E-state index in [0.717, 1.165) is 17.7 Å². The van der Waals surface area contributed by atoms with Gasteiger partial charge in [0.25, 0.3) is 0 Å². The molecule has 2 aromatic heterocycles. The van der Waals surface area contributed by atoms with Crippen LogP contribution in [0.3, 0.4) is 0 Å². The highest BCUT2D eigenvalue weighted by Gasteiger charge is 2.30. The van der Waals surface area contributed by atoms with Gasteiger partial charge in [0, 0.05) is 11.1 Å². The number of hydrogen-bond donors (Lipinski definition) is 1. The number of nitrogens with one attached hydrogen (secondary N) is 1. The Morgan fingerprint density at radius 2 is 1.76 bits per heavy atom. The predicted molar refractivity (Wildman–Crippen MR) is 105 cm³/mol. The number of nitrogens with zero attached hydrogens (tertiary/aromatic N) is 3. The highest BCUT2D eigenvalue weighted by molar-refractivity contribution is 7.71. The lowest BCUT2D eigenvalue weighted by atomic mass is 10.1. The topological polar surface area (TPSA) is 59.1 Å². The molecule has 4 aromatic rings. The van der Waals surface area contributed by atoms with Crippen LogP contribution >= 0.6 is 12.2 Å². The molecule has 0 saturated carbocycles. The van der Waals surface area contributed by atoms with E-state index in [1.54, 1.807) is 18.2 Å². The van der Waals surface area contributed by atoms with Crippen molar-refractivity contribution in [3.8, 4) is 22.7 Å². The lowest BCUT2D eigenvalue weighted by molar-refractivity contribution is -0.137. The fraction of sp³-hybridized carbons (Fsp3) is 0.0500. The van der Waals surface area contributed by atoms with Gasteiger partial charge in [-0.1, -0.05) is 42.5 Å². The second kappa shape index (κ2) is 7.51. The number of benzene rings is 2. The molecule has 0 aliphatic heterocycles. The third-order valence-electron chi connectivity index (χ3n) is 4.08. The first-order valence-corrected chi connectivity index (χ1v) is 8.87. The van der Waals surface area contributed by atoms with Gasteiger partial charge in [-0.15, -0.1) is 0 Å². The van der Waals surface area contributed by atoms with Gasteiger partial charge in [-0.2, -0.15) is 28.0 Å². The summed E-state index contributed by atoms with van der Waals surface area (Å²) in [5, 5.41) is 11.2. The SMILES string of the molecule is FC(F)(F)c1cccc(-c2ccc(/C=N/n3c(-c4ccccc4)n[nH]c3=S)o2)c1. The van der Waals surface area contributed by atoms with Crippen LogP contribution in [0.25, 0.3) is 22.7 Å². The summed E-state index contributed by atoms with van der Waals surface area (Å²) in [5.74, 6) is 1.19. The van der Waals surface area contributed by atoms with Crippen LogP contribution in [0.15, 0.2) is 76.2 Å². The maximum Gasteiger partial charge on any atom is 0.416 e. The Morgan fingerprint density at radius 3 is 2.52 bits per heavy atom. The summed E-state index contributed by atoms with van der Waals surface area (Å²) in [4.78, 5) is 0. The van der Waals surface area contributed by atoms with Crippen molar-refractivity contribution in [3.63, 3.8) is 0 Å². The zero-order chi connectivity index (χ0) is 20.4. The first-order valence-electron chi connectivity index (χ1n) is 8.46. The number of furan rings is 1. The lowest BCUT2D eigenvalue weighted by Gasteiger charge is -2.07. The second-order valence-electron chi connectivity index (χ2n) is 6.06. The molecule has 5 nitrogen and oxygen atoms in total. The molecule has 0 radical (unpaired) electrons. The van der Waals surface area contributed by atoms with Crippen LogP contribution in [0.4, 0.5) is 13.2 Å². The summed E-state index contributed by atoms with van der Waals surface area (Å²) < 4.78 is 46.1. The molecule has 29 heavy (non-hydrogen) atoms. The van der Waals surface area contributed by atoms with Crippen molar-refractivity contribution in [2.75, 3.05) is 0 Å². The van der Waals surface area contributed by atoms with Crippen molar-refractivity contribution in [2.24, 2.45) is 5.10 Å². The molecule has 0 bridgehead atoms. The minimum absolute atomic E-state index is 0.296. The molecule has 1 N–H and O–H groups in total. The number of aromatic amines is 1. The minimum Gasteiger partial charge on any atom is -0.455 e. The Kier molecular flexibility index (Phi) is 4.89. The van der Waals surface area contributed by atoms with Gasteiger partial charge in [-0.3, -0.25) is 0 Å². The Hall–Kier alpha value is -3.46. The molecule has 2 aromatic carbocycles. The predicted octanol–water partition coefficient (Wildman–Crippen LogP) is 5.77. The van der Waals surface area contributed by atoms with Crippen molar-refractivity contribution in [2.45, 2.75) is 6.18 Å². The molecule has 0 saturated heterocycles. The van der Waals surface area contributed by atoms with Crippen LogP contribution in [0, 0.1) is 4.77 Å². The van der Waals surface area contributed by atoms with E-state index in [0.29, 0.717) is 27.7 Å². The average Bonchev–Trinajstić information content (AvgIpc) is 3.33. The molecule has 0 aliphatic carbocycles. The molecule has 0 fully saturated rings. The molecule has 0 unspecified atom stereocenters. The Labute approximate surface area is 168 Å². The first-order chi connectivity index (χ1) is 13.9. The maximum absolute atomic E-state index is 12.9. The number of rotatable bonds is 4. The Bertz CT molecular complexity index is 1220. The summed E-state index contributed by atoms with van der Waals surface area (Å²) in [6.07, 6.45) is -2.99. The number of hydrogen-bond acceptors (Lipinski definition) is 4. The van der Waals surface area contributed by atoms with Crippen LogP contribution in [-0.2, 0) is 6.18 Å². The average molecular weight is 414 g/mol. The van der Waals surface area contributed by atoms with Gasteiger partial charge in [0.05, 0.1) is 11.8 Å². The van der Waals surface area contributed by atoms with Crippen molar-refractivity contribution in [1.82, 2.24) is 14.9 Å². The normalized spacial score (nSPS) is 12.0. The van der Waals surface area contributed by atoms with Gasteiger partial charge in [0.1, 0.15) is 11.5 Å². The lowest BCUT2D eigenvalue weighted by Crippen LogP contribution is -2.04. The van der Waals surface area contributed by atoms with Gasteiger partial charge in [0.2, 0.25) is 4.77 Å². The van der Waals surface area contributed by atoms with Crippen molar-refractivity contribution < 1.29 is 17.6 Å². The zero-order valence-electron chi connectivity index (χ0n) is 14.7. The molecule has 146 valence electrons. The molecule has 2 heterocycles. The third kappa shape index (κ3) is 4.04. The number of halogens is 3. The number of H-pyrrole nitrogens is 1. The molecular formula is C20H13F3N4OS. The highest BCUT2D eigenvalue weighted by Crippen LogP contribution is 2.32. The summed E-state index contributed by atoms with van der Waals surface area (Å²) in [6.45, 7) is 0. The Balaban J connectivity index is 1.62. The molecule has 0 spiro atoms. The number of aromatic nitrogens is 3. The molecule has 4 rings (SSSR count). The molecule has 0 amide bonds. The van der Waals surface area contributed by atoms with Crippen molar-refractivity contribution >= 4 is 18.4 Å². The maximum atomic E-state index is 12.9. The summed E-state index contributed by atoms with van der Waals surface area (Å²) in [7, 11) is 0. The van der Waals surface area contributed by atoms with Gasteiger partial charge >= 0.3 is 6.18 Å². The van der Waals surface area contributed by atoms with E-state index in [2.05, 4.69) is 15.3 Å². The van der Waals surface area contributed by atoms with Crippen LogP contribution in [-0.4, -0.2) is 21.1 Å². The molecule has 9 heteroatoms. The van der Waals surface area contributed by atoms with E-state index in [9.17, 15) is 13.2 Å². The van der Waals surface area contributed by atoms with Gasteiger partial charge in [0.15, 0.2) is 5.82 Å². The minimum atomic E-state index is -4.42. The van der Waals surface area contributed by atoms with Gasteiger partial charge in [-0.25, -0.2) is 5.10 Å². The largest absolute Gasteiger partial charge is 0.455 e. The monoisotopic (exact) mass is 414 g/mol. The third-order valence-corrected chi connectivity index (χ3v) is 4.35. The standard InChI is InChI=1S/C20H13F3N4OS/c21-20(22,23)15-8-4-7-14(11-15)17-10-9-16(28-17)12-24-27-18(25-26-19(27)29)13-5-2-1-3-6-13/h1-12H,(H,26,29)/b24-12+. The zero-order valence-corrected chi connectivity index (χ0v) is 15.5. The van der Waals surface area contributed by atoms with Gasteiger partial charge < -0.3 is 4.42 Å². The van der Waals surface area contributed by atoms with Gasteiger partial charge in [-0.05, 0) is 36.5 Å². The number of alkyl halides is 3. The van der Waals surface area contributed by atoms with Crippen molar-refractivity contribution in [3.05, 3.63) is 82.8 Å². The van der Waals surface area contributed by atoms with E-state index in [4.69, 9.17) is 16.6 Å². The summed E-state index contributed by atoms with van der Waals surface area (Å²) >= 11 is 5.21. The summed E-state index contributed by atoms with van der Waals surface area (Å²) in [6, 6.07) is 17.5.